The zero-order valence-electron chi connectivity index (χ0n) is 10.3. The predicted molar refractivity (Wildman–Crippen MR) is 56.9 cm³/mol. The molecule has 0 aliphatic heterocycles. The lowest BCUT2D eigenvalue weighted by molar-refractivity contribution is -0.182. The third-order valence-corrected chi connectivity index (χ3v) is 1.66. The summed E-state index contributed by atoms with van der Waals surface area (Å²) in [5.74, 6) is -3.83. The van der Waals surface area contributed by atoms with Crippen molar-refractivity contribution in [3.05, 3.63) is 0 Å². The van der Waals surface area contributed by atoms with Crippen LogP contribution in [0.25, 0.3) is 0 Å². The molecule has 0 aliphatic carbocycles. The monoisotopic (exact) mass is 261 g/mol. The van der Waals surface area contributed by atoms with Crippen LogP contribution >= 0.6 is 0 Å². The number of amides is 1. The Hall–Kier alpha value is -2.12. The number of rotatable bonds is 6. The standard InChI is InChI=1S/C10H15NO7/c1-4-16-10(15)8(18-6(3)13)7(9(11)14)17-5(2)12/h7-8H,4H2,1-3H3,(H2,11,14)/t7-,8-/m1/s1. The first-order valence-electron chi connectivity index (χ1n) is 5.10. The number of hydrogen-bond acceptors (Lipinski definition) is 7. The van der Waals surface area contributed by atoms with Crippen molar-refractivity contribution in [2.75, 3.05) is 6.61 Å². The maximum Gasteiger partial charge on any atom is 0.352 e. The van der Waals surface area contributed by atoms with Crippen LogP contribution in [0.3, 0.4) is 0 Å². The van der Waals surface area contributed by atoms with Crippen LogP contribution in [0.4, 0.5) is 0 Å². The molecule has 102 valence electrons. The van der Waals surface area contributed by atoms with Gasteiger partial charge < -0.3 is 19.9 Å². The second-order valence-electron chi connectivity index (χ2n) is 3.21. The first-order chi connectivity index (χ1) is 8.29. The molecule has 0 heterocycles. The van der Waals surface area contributed by atoms with Crippen molar-refractivity contribution in [2.24, 2.45) is 5.73 Å². The minimum atomic E-state index is -1.72. The number of nitrogens with two attached hydrogens (primary N) is 1. The van der Waals surface area contributed by atoms with Gasteiger partial charge in [0.2, 0.25) is 12.2 Å². The molecule has 2 N–H and O–H groups in total. The van der Waals surface area contributed by atoms with Gasteiger partial charge in [-0.25, -0.2) is 4.79 Å². The molecule has 0 bridgehead atoms. The molecule has 0 rings (SSSR count). The number of carbonyl (C=O) groups is 4. The number of ether oxygens (including phenoxy) is 3. The Bertz CT molecular complexity index is 352. The topological polar surface area (TPSA) is 122 Å². The van der Waals surface area contributed by atoms with E-state index in [-0.39, 0.29) is 6.61 Å². The van der Waals surface area contributed by atoms with E-state index in [1.807, 2.05) is 0 Å². The average Bonchev–Trinajstić information content (AvgIpc) is 2.22. The Balaban J connectivity index is 5.08. The number of esters is 3. The highest BCUT2D eigenvalue weighted by Crippen LogP contribution is 2.08. The fourth-order valence-corrected chi connectivity index (χ4v) is 1.08. The molecular formula is C10H15NO7. The zero-order valence-corrected chi connectivity index (χ0v) is 10.3. The van der Waals surface area contributed by atoms with Crippen molar-refractivity contribution in [1.29, 1.82) is 0 Å². The predicted octanol–water partition coefficient (Wildman–Crippen LogP) is -1.10. The summed E-state index contributed by atoms with van der Waals surface area (Å²) in [6, 6.07) is 0. The Labute approximate surface area is 103 Å². The molecule has 0 aromatic carbocycles. The van der Waals surface area contributed by atoms with E-state index >= 15 is 0 Å². The molecule has 0 radical (unpaired) electrons. The average molecular weight is 261 g/mol. The first-order valence-corrected chi connectivity index (χ1v) is 5.10. The lowest BCUT2D eigenvalue weighted by Gasteiger charge is -2.22. The van der Waals surface area contributed by atoms with Crippen molar-refractivity contribution in [3.8, 4) is 0 Å². The molecule has 8 heteroatoms. The molecule has 0 fully saturated rings. The number of hydrogen-bond donors (Lipinski definition) is 1. The van der Waals surface area contributed by atoms with Crippen LogP contribution in [0.2, 0.25) is 0 Å². The van der Waals surface area contributed by atoms with Crippen molar-refractivity contribution >= 4 is 23.8 Å². The van der Waals surface area contributed by atoms with Crippen molar-refractivity contribution in [2.45, 2.75) is 33.0 Å². The maximum absolute atomic E-state index is 11.5. The van der Waals surface area contributed by atoms with Crippen LogP contribution in [-0.4, -0.2) is 42.6 Å². The summed E-state index contributed by atoms with van der Waals surface area (Å²) in [4.78, 5) is 44.3. The smallest absolute Gasteiger partial charge is 0.352 e. The van der Waals surface area contributed by atoms with Crippen molar-refractivity contribution in [1.82, 2.24) is 0 Å². The van der Waals surface area contributed by atoms with E-state index in [9.17, 15) is 19.2 Å². The summed E-state index contributed by atoms with van der Waals surface area (Å²) in [5, 5.41) is 0. The highest BCUT2D eigenvalue weighted by Gasteiger charge is 2.39. The summed E-state index contributed by atoms with van der Waals surface area (Å²) in [5.41, 5.74) is 4.98. The summed E-state index contributed by atoms with van der Waals surface area (Å²) >= 11 is 0. The Morgan fingerprint density at radius 3 is 1.78 bits per heavy atom. The van der Waals surface area contributed by atoms with E-state index in [0.29, 0.717) is 0 Å². The van der Waals surface area contributed by atoms with E-state index in [1.165, 1.54) is 6.92 Å². The third-order valence-electron chi connectivity index (χ3n) is 1.66. The molecule has 0 aliphatic rings. The second kappa shape index (κ2) is 7.25. The van der Waals surface area contributed by atoms with Crippen molar-refractivity contribution < 1.29 is 33.4 Å². The lowest BCUT2D eigenvalue weighted by atomic mass is 10.2. The van der Waals surface area contributed by atoms with Crippen LogP contribution in [0.1, 0.15) is 20.8 Å². The Kier molecular flexibility index (Phi) is 6.40. The Morgan fingerprint density at radius 2 is 1.44 bits per heavy atom. The van der Waals surface area contributed by atoms with E-state index in [2.05, 4.69) is 14.2 Å². The van der Waals surface area contributed by atoms with Crippen molar-refractivity contribution in [3.63, 3.8) is 0 Å². The summed E-state index contributed by atoms with van der Waals surface area (Å²) in [6.45, 7) is 3.57. The van der Waals surface area contributed by atoms with Crippen LogP contribution in [0, 0.1) is 0 Å². The fourth-order valence-electron chi connectivity index (χ4n) is 1.08. The van der Waals surface area contributed by atoms with Crippen LogP contribution in [0.5, 0.6) is 0 Å². The minimum Gasteiger partial charge on any atom is -0.463 e. The summed E-state index contributed by atoms with van der Waals surface area (Å²) in [7, 11) is 0. The molecule has 0 aromatic heterocycles. The van der Waals surface area contributed by atoms with Crippen LogP contribution in [-0.2, 0) is 33.4 Å². The maximum atomic E-state index is 11.5. The first kappa shape index (κ1) is 15.9. The van der Waals surface area contributed by atoms with Gasteiger partial charge in [0.1, 0.15) is 0 Å². The van der Waals surface area contributed by atoms with Gasteiger partial charge in [0.05, 0.1) is 6.61 Å². The molecule has 2 atom stereocenters. The molecule has 0 saturated heterocycles. The van der Waals surface area contributed by atoms with E-state index in [4.69, 9.17) is 5.73 Å². The minimum absolute atomic E-state index is 0.00213. The van der Waals surface area contributed by atoms with Gasteiger partial charge in [0.15, 0.2) is 0 Å². The van der Waals surface area contributed by atoms with Gasteiger partial charge in [-0.2, -0.15) is 0 Å². The second-order valence-corrected chi connectivity index (χ2v) is 3.21. The fraction of sp³-hybridized carbons (Fsp3) is 0.600. The zero-order chi connectivity index (χ0) is 14.3. The summed E-state index contributed by atoms with van der Waals surface area (Å²) < 4.78 is 13.8. The molecule has 18 heavy (non-hydrogen) atoms. The van der Waals surface area contributed by atoms with Crippen LogP contribution < -0.4 is 5.73 Å². The van der Waals surface area contributed by atoms with Gasteiger partial charge >= 0.3 is 17.9 Å². The van der Waals surface area contributed by atoms with Gasteiger partial charge in [-0.1, -0.05) is 0 Å². The van der Waals surface area contributed by atoms with Gasteiger partial charge in [-0.3, -0.25) is 14.4 Å². The van der Waals surface area contributed by atoms with Gasteiger partial charge in [-0.15, -0.1) is 0 Å². The van der Waals surface area contributed by atoms with E-state index in [1.54, 1.807) is 0 Å². The SMILES string of the molecule is CCOC(=O)[C@H](OC(C)=O)[C@@H](OC(C)=O)C(N)=O. The third kappa shape index (κ3) is 5.28. The molecule has 1 amide bonds. The quantitative estimate of drug-likeness (QED) is 0.475. The van der Waals surface area contributed by atoms with Gasteiger partial charge in [0.25, 0.3) is 5.91 Å². The molecule has 0 spiro atoms. The largest absolute Gasteiger partial charge is 0.463 e. The molecule has 0 unspecified atom stereocenters. The summed E-state index contributed by atoms with van der Waals surface area (Å²) in [6.07, 6.45) is -3.42. The molecule has 0 saturated carbocycles. The van der Waals surface area contributed by atoms with Gasteiger partial charge in [-0.05, 0) is 6.92 Å². The van der Waals surface area contributed by atoms with E-state index < -0.39 is 36.0 Å². The molecule has 0 aromatic rings. The number of carbonyl (C=O) groups excluding carboxylic acids is 4. The normalized spacial score (nSPS) is 13.1. The highest BCUT2D eigenvalue weighted by molar-refractivity contribution is 5.90. The van der Waals surface area contributed by atoms with Gasteiger partial charge in [0, 0.05) is 13.8 Å². The molecule has 8 nitrogen and oxygen atoms in total. The number of primary amides is 1. The highest BCUT2D eigenvalue weighted by atomic mass is 16.6. The lowest BCUT2D eigenvalue weighted by Crippen LogP contribution is -2.48. The van der Waals surface area contributed by atoms with E-state index in [0.717, 1.165) is 13.8 Å². The Morgan fingerprint density at radius 1 is 1.00 bits per heavy atom. The van der Waals surface area contributed by atoms with Crippen LogP contribution in [0.15, 0.2) is 0 Å². The molecular weight excluding hydrogens is 246 g/mol.